The summed E-state index contributed by atoms with van der Waals surface area (Å²) in [7, 11) is 1.66. The Hall–Kier alpha value is -1.67. The summed E-state index contributed by atoms with van der Waals surface area (Å²) in [6.07, 6.45) is 0. The van der Waals surface area contributed by atoms with Crippen molar-refractivity contribution in [3.05, 3.63) is 57.1 Å². The second kappa shape index (κ2) is 6.40. The third kappa shape index (κ3) is 3.51. The van der Waals surface area contributed by atoms with Gasteiger partial charge < -0.3 is 10.1 Å². The normalized spacial score (nSPS) is 10.6. The highest BCUT2D eigenvalue weighted by atomic mass is 35.5. The lowest BCUT2D eigenvalue weighted by atomic mass is 10.0. The van der Waals surface area contributed by atoms with E-state index in [4.69, 9.17) is 16.3 Å². The van der Waals surface area contributed by atoms with E-state index < -0.39 is 0 Å². The van der Waals surface area contributed by atoms with E-state index in [0.29, 0.717) is 0 Å². The van der Waals surface area contributed by atoms with Crippen LogP contribution in [0.15, 0.2) is 24.3 Å². The molecule has 0 aromatic heterocycles. The summed E-state index contributed by atoms with van der Waals surface area (Å²) in [6.45, 7) is 9.20. The fraction of sp³-hybridized carbons (Fsp3) is 0.333. The molecule has 0 saturated carbocycles. The molecule has 0 heterocycles. The molecule has 0 atom stereocenters. The third-order valence-corrected chi connectivity index (χ3v) is 4.31. The van der Waals surface area contributed by atoms with Crippen LogP contribution >= 0.6 is 11.6 Å². The van der Waals surface area contributed by atoms with Crippen molar-refractivity contribution in [2.45, 2.75) is 34.2 Å². The van der Waals surface area contributed by atoms with Gasteiger partial charge in [0, 0.05) is 17.6 Å². The van der Waals surface area contributed by atoms with Crippen LogP contribution in [0.3, 0.4) is 0 Å². The average Bonchev–Trinajstić information content (AvgIpc) is 2.44. The van der Waals surface area contributed by atoms with Crippen LogP contribution < -0.4 is 10.1 Å². The summed E-state index contributed by atoms with van der Waals surface area (Å²) in [5.41, 5.74) is 7.25. The van der Waals surface area contributed by atoms with E-state index in [0.717, 1.165) is 28.6 Å². The Kier molecular flexibility index (Phi) is 4.79. The summed E-state index contributed by atoms with van der Waals surface area (Å²) in [6, 6.07) is 8.35. The van der Waals surface area contributed by atoms with E-state index in [1.807, 2.05) is 19.1 Å². The molecule has 2 rings (SSSR count). The minimum absolute atomic E-state index is 0.722. The van der Waals surface area contributed by atoms with Gasteiger partial charge in [-0.2, -0.15) is 0 Å². The Bertz CT molecular complexity index is 665. The fourth-order valence-electron chi connectivity index (χ4n) is 2.37. The number of aryl methyl sites for hydroxylation is 4. The predicted octanol–water partition coefficient (Wildman–Crippen LogP) is 5.19. The zero-order valence-corrected chi connectivity index (χ0v) is 14.1. The van der Waals surface area contributed by atoms with Crippen LogP contribution in [0.5, 0.6) is 5.75 Å². The Morgan fingerprint density at radius 3 is 2.24 bits per heavy atom. The molecule has 0 unspecified atom stereocenters. The second-order valence-corrected chi connectivity index (χ2v) is 5.93. The van der Waals surface area contributed by atoms with Crippen LogP contribution in [-0.2, 0) is 6.54 Å². The van der Waals surface area contributed by atoms with Crippen LogP contribution in [-0.4, -0.2) is 7.11 Å². The number of ether oxygens (including phenoxy) is 1. The molecule has 0 aliphatic heterocycles. The van der Waals surface area contributed by atoms with Gasteiger partial charge in [-0.1, -0.05) is 23.7 Å². The molecule has 0 amide bonds. The first-order valence-electron chi connectivity index (χ1n) is 7.07. The summed E-state index contributed by atoms with van der Waals surface area (Å²) in [5.74, 6) is 0.770. The highest BCUT2D eigenvalue weighted by Crippen LogP contribution is 2.31. The Balaban J connectivity index is 2.24. The highest BCUT2D eigenvalue weighted by Gasteiger charge is 2.08. The van der Waals surface area contributed by atoms with Crippen LogP contribution in [0.2, 0.25) is 5.02 Å². The molecule has 0 spiro atoms. The zero-order valence-electron chi connectivity index (χ0n) is 13.3. The van der Waals surface area contributed by atoms with Gasteiger partial charge >= 0.3 is 0 Å². The molecule has 0 fully saturated rings. The quantitative estimate of drug-likeness (QED) is 0.838. The van der Waals surface area contributed by atoms with Gasteiger partial charge in [0.15, 0.2) is 0 Å². The van der Waals surface area contributed by atoms with Gasteiger partial charge in [-0.3, -0.25) is 0 Å². The maximum absolute atomic E-state index is 6.14. The summed E-state index contributed by atoms with van der Waals surface area (Å²) in [4.78, 5) is 0. The van der Waals surface area contributed by atoms with Crippen molar-refractivity contribution in [1.29, 1.82) is 0 Å². The monoisotopic (exact) mass is 303 g/mol. The van der Waals surface area contributed by atoms with Crippen molar-refractivity contribution in [3.8, 4) is 5.75 Å². The molecular formula is C18H22ClNO. The van der Waals surface area contributed by atoms with Crippen molar-refractivity contribution in [1.82, 2.24) is 0 Å². The minimum Gasteiger partial charge on any atom is -0.495 e. The van der Waals surface area contributed by atoms with Gasteiger partial charge in [-0.25, -0.2) is 0 Å². The first-order valence-corrected chi connectivity index (χ1v) is 7.45. The molecule has 0 aliphatic rings. The molecule has 1 N–H and O–H groups in total. The van der Waals surface area contributed by atoms with Crippen LogP contribution in [0, 0.1) is 27.7 Å². The second-order valence-electron chi connectivity index (χ2n) is 5.52. The molecule has 0 bridgehead atoms. The van der Waals surface area contributed by atoms with E-state index in [-0.39, 0.29) is 0 Å². The van der Waals surface area contributed by atoms with Gasteiger partial charge in [0.05, 0.1) is 12.8 Å². The Morgan fingerprint density at radius 1 is 0.905 bits per heavy atom. The molecule has 0 aliphatic carbocycles. The van der Waals surface area contributed by atoms with Crippen molar-refractivity contribution in [3.63, 3.8) is 0 Å². The lowest BCUT2D eigenvalue weighted by Gasteiger charge is -2.15. The largest absolute Gasteiger partial charge is 0.495 e. The van der Waals surface area contributed by atoms with Gasteiger partial charge in [-0.05, 0) is 61.6 Å². The molecule has 0 saturated heterocycles. The van der Waals surface area contributed by atoms with Gasteiger partial charge in [0.1, 0.15) is 5.75 Å². The van der Waals surface area contributed by atoms with Gasteiger partial charge in [0.2, 0.25) is 0 Å². The fourth-order valence-corrected chi connectivity index (χ4v) is 2.53. The predicted molar refractivity (Wildman–Crippen MR) is 90.7 cm³/mol. The van der Waals surface area contributed by atoms with E-state index in [1.165, 1.54) is 22.3 Å². The standard InChI is InChI=1S/C18H22ClNO/c1-11-6-13(3)15(7-12(11)2)10-20-17-8-14(4)16(19)9-18(17)21-5/h6-9,20H,10H2,1-5H3. The Morgan fingerprint density at radius 2 is 1.57 bits per heavy atom. The molecular weight excluding hydrogens is 282 g/mol. The van der Waals surface area contributed by atoms with Crippen molar-refractivity contribution in [2.75, 3.05) is 12.4 Å². The lowest BCUT2D eigenvalue weighted by Crippen LogP contribution is -2.04. The zero-order chi connectivity index (χ0) is 15.6. The number of nitrogens with one attached hydrogen (secondary N) is 1. The van der Waals surface area contributed by atoms with Gasteiger partial charge in [0.25, 0.3) is 0 Å². The number of hydrogen-bond donors (Lipinski definition) is 1. The number of anilines is 1. The summed E-state index contributed by atoms with van der Waals surface area (Å²) in [5, 5.41) is 4.17. The molecule has 2 nitrogen and oxygen atoms in total. The molecule has 2 aromatic rings. The maximum Gasteiger partial charge on any atom is 0.143 e. The van der Waals surface area contributed by atoms with Crippen molar-refractivity contribution < 1.29 is 4.74 Å². The topological polar surface area (TPSA) is 21.3 Å². The van der Waals surface area contributed by atoms with Crippen molar-refractivity contribution in [2.24, 2.45) is 0 Å². The third-order valence-electron chi connectivity index (χ3n) is 3.90. The lowest BCUT2D eigenvalue weighted by molar-refractivity contribution is 0.416. The molecule has 3 heteroatoms. The maximum atomic E-state index is 6.14. The molecule has 21 heavy (non-hydrogen) atoms. The first-order chi connectivity index (χ1) is 9.92. The number of methoxy groups -OCH3 is 1. The van der Waals surface area contributed by atoms with Gasteiger partial charge in [-0.15, -0.1) is 0 Å². The molecule has 2 aromatic carbocycles. The van der Waals surface area contributed by atoms with Crippen molar-refractivity contribution >= 4 is 17.3 Å². The number of benzene rings is 2. The van der Waals surface area contributed by atoms with E-state index in [9.17, 15) is 0 Å². The van der Waals surface area contributed by atoms with Crippen LogP contribution in [0.25, 0.3) is 0 Å². The van der Waals surface area contributed by atoms with E-state index in [2.05, 4.69) is 38.2 Å². The highest BCUT2D eigenvalue weighted by molar-refractivity contribution is 6.31. The summed E-state index contributed by atoms with van der Waals surface area (Å²) >= 11 is 6.14. The number of hydrogen-bond acceptors (Lipinski definition) is 2. The molecule has 112 valence electrons. The van der Waals surface area contributed by atoms with E-state index >= 15 is 0 Å². The molecule has 0 radical (unpaired) electrons. The van der Waals surface area contributed by atoms with Crippen LogP contribution in [0.4, 0.5) is 5.69 Å². The summed E-state index contributed by atoms with van der Waals surface area (Å²) < 4.78 is 5.40. The van der Waals surface area contributed by atoms with Crippen LogP contribution in [0.1, 0.15) is 27.8 Å². The number of rotatable bonds is 4. The smallest absolute Gasteiger partial charge is 0.143 e. The minimum atomic E-state index is 0.722. The SMILES string of the molecule is COc1cc(Cl)c(C)cc1NCc1cc(C)c(C)cc1C. The van der Waals surface area contributed by atoms with E-state index in [1.54, 1.807) is 7.11 Å². The average molecular weight is 304 g/mol. The Labute approximate surface area is 132 Å². The first kappa shape index (κ1) is 15.7. The number of halogens is 1.